The van der Waals surface area contributed by atoms with Crippen LogP contribution in [0.25, 0.3) is 11.4 Å². The van der Waals surface area contributed by atoms with Crippen LogP contribution in [0.1, 0.15) is 23.8 Å². The number of ether oxygens (including phenoxy) is 1. The van der Waals surface area contributed by atoms with E-state index in [1.165, 1.54) is 17.7 Å². The van der Waals surface area contributed by atoms with Crippen LogP contribution in [0.4, 0.5) is 0 Å². The summed E-state index contributed by atoms with van der Waals surface area (Å²) < 4.78 is 7.75. The second-order valence-corrected chi connectivity index (χ2v) is 7.48. The van der Waals surface area contributed by atoms with Gasteiger partial charge in [0.2, 0.25) is 4.77 Å². The molecule has 0 unspecified atom stereocenters. The van der Waals surface area contributed by atoms with E-state index in [1.54, 1.807) is 7.11 Å². The molecular formula is C18H20N4OS2. The number of thiophene rings is 1. The van der Waals surface area contributed by atoms with Gasteiger partial charge in [0.25, 0.3) is 0 Å². The molecule has 3 aromatic rings. The number of likely N-dealkylation sites (tertiary alicyclic amines) is 1. The van der Waals surface area contributed by atoms with Gasteiger partial charge in [-0.25, -0.2) is 4.68 Å². The Bertz CT molecular complexity index is 883. The average Bonchev–Trinajstić information content (AvgIpc) is 3.37. The summed E-state index contributed by atoms with van der Waals surface area (Å²) in [5.41, 5.74) is 1.00. The van der Waals surface area contributed by atoms with Crippen molar-refractivity contribution in [3.05, 3.63) is 51.4 Å². The van der Waals surface area contributed by atoms with Crippen molar-refractivity contribution in [1.29, 1.82) is 0 Å². The third-order valence-electron chi connectivity index (χ3n) is 4.60. The molecule has 1 N–H and O–H groups in total. The first-order chi connectivity index (χ1) is 12.2. The van der Waals surface area contributed by atoms with E-state index >= 15 is 0 Å². The largest absolute Gasteiger partial charge is 0.497 e. The highest BCUT2D eigenvalue weighted by molar-refractivity contribution is 7.71. The molecule has 1 aliphatic rings. The highest BCUT2D eigenvalue weighted by Gasteiger charge is 2.27. The molecule has 0 spiro atoms. The van der Waals surface area contributed by atoms with Gasteiger partial charge in [-0.15, -0.1) is 11.3 Å². The van der Waals surface area contributed by atoms with Crippen molar-refractivity contribution in [3.63, 3.8) is 0 Å². The van der Waals surface area contributed by atoms with Crippen molar-refractivity contribution in [1.82, 2.24) is 19.7 Å². The normalized spacial score (nSPS) is 17.9. The van der Waals surface area contributed by atoms with Gasteiger partial charge in [-0.05, 0) is 60.8 Å². The van der Waals surface area contributed by atoms with Crippen LogP contribution in [0.15, 0.2) is 41.8 Å². The van der Waals surface area contributed by atoms with Gasteiger partial charge in [0.05, 0.1) is 13.8 Å². The molecule has 0 saturated carbocycles. The smallest absolute Gasteiger partial charge is 0.217 e. The number of benzene rings is 1. The second kappa shape index (κ2) is 7.11. The Morgan fingerprint density at radius 2 is 2.16 bits per heavy atom. The van der Waals surface area contributed by atoms with E-state index in [0.29, 0.717) is 10.8 Å². The van der Waals surface area contributed by atoms with Crippen molar-refractivity contribution in [2.75, 3.05) is 13.7 Å². The minimum absolute atomic E-state index is 0.481. The lowest BCUT2D eigenvalue weighted by molar-refractivity contribution is 0.192. The number of nitrogens with one attached hydrogen (secondary N) is 1. The van der Waals surface area contributed by atoms with Crippen LogP contribution in [0.5, 0.6) is 5.75 Å². The predicted molar refractivity (Wildman–Crippen MR) is 102 cm³/mol. The Hall–Kier alpha value is -1.96. The lowest BCUT2D eigenvalue weighted by Gasteiger charge is -2.23. The first kappa shape index (κ1) is 16.5. The summed E-state index contributed by atoms with van der Waals surface area (Å²) in [5.74, 6) is 1.62. The molecule has 1 saturated heterocycles. The molecule has 5 nitrogen and oxygen atoms in total. The maximum absolute atomic E-state index is 5.47. The standard InChI is InChI=1S/C18H20N4OS2/c1-23-14-8-6-13(7-9-14)17-19-18(24)22(20-17)12-21-10-2-4-15(21)16-5-3-11-25-16/h3,5-9,11,15H,2,4,10,12H2,1H3,(H,19,20,24)/t15-/m1/s1. The third-order valence-corrected chi connectivity index (χ3v) is 5.89. The first-order valence-corrected chi connectivity index (χ1v) is 9.62. The van der Waals surface area contributed by atoms with E-state index in [1.807, 2.05) is 40.3 Å². The van der Waals surface area contributed by atoms with Crippen LogP contribution in [0.2, 0.25) is 0 Å². The van der Waals surface area contributed by atoms with Gasteiger partial charge < -0.3 is 4.74 Å². The van der Waals surface area contributed by atoms with Gasteiger partial charge in [0.15, 0.2) is 5.82 Å². The Kier molecular flexibility index (Phi) is 4.70. The fraction of sp³-hybridized carbons (Fsp3) is 0.333. The van der Waals surface area contributed by atoms with Crippen LogP contribution in [0.3, 0.4) is 0 Å². The van der Waals surface area contributed by atoms with Crippen LogP contribution < -0.4 is 4.74 Å². The second-order valence-electron chi connectivity index (χ2n) is 6.14. The molecule has 1 fully saturated rings. The molecule has 130 valence electrons. The predicted octanol–water partition coefficient (Wildman–Crippen LogP) is 4.47. The van der Waals surface area contributed by atoms with E-state index < -0.39 is 0 Å². The summed E-state index contributed by atoms with van der Waals surface area (Å²) in [7, 11) is 1.66. The zero-order valence-electron chi connectivity index (χ0n) is 14.0. The average molecular weight is 373 g/mol. The summed E-state index contributed by atoms with van der Waals surface area (Å²) in [6.45, 7) is 1.83. The number of methoxy groups -OCH3 is 1. The Labute approximate surface area is 155 Å². The van der Waals surface area contributed by atoms with Crippen LogP contribution in [0, 0.1) is 4.77 Å². The zero-order chi connectivity index (χ0) is 17.2. The van der Waals surface area contributed by atoms with E-state index in [4.69, 9.17) is 17.0 Å². The summed E-state index contributed by atoms with van der Waals surface area (Å²) in [6.07, 6.45) is 2.42. The van der Waals surface area contributed by atoms with Gasteiger partial charge >= 0.3 is 0 Å². The minimum Gasteiger partial charge on any atom is -0.497 e. The van der Waals surface area contributed by atoms with Crippen LogP contribution in [-0.2, 0) is 6.67 Å². The number of nitrogens with zero attached hydrogens (tertiary/aromatic N) is 3. The van der Waals surface area contributed by atoms with E-state index in [-0.39, 0.29) is 0 Å². The number of hydrogen-bond acceptors (Lipinski definition) is 5. The first-order valence-electron chi connectivity index (χ1n) is 8.33. The molecule has 0 bridgehead atoms. The van der Waals surface area contributed by atoms with E-state index in [9.17, 15) is 0 Å². The van der Waals surface area contributed by atoms with Crippen LogP contribution in [-0.4, -0.2) is 33.3 Å². The summed E-state index contributed by atoms with van der Waals surface area (Å²) >= 11 is 7.30. The molecule has 1 atom stereocenters. The van der Waals surface area contributed by atoms with Crippen molar-refractivity contribution in [3.8, 4) is 17.1 Å². The van der Waals surface area contributed by atoms with Crippen molar-refractivity contribution >= 4 is 23.6 Å². The Balaban J connectivity index is 1.55. The van der Waals surface area contributed by atoms with E-state index in [2.05, 4.69) is 32.5 Å². The van der Waals surface area contributed by atoms with Gasteiger partial charge in [0.1, 0.15) is 5.75 Å². The molecule has 0 radical (unpaired) electrons. The van der Waals surface area contributed by atoms with Gasteiger partial charge in [-0.1, -0.05) is 6.07 Å². The Morgan fingerprint density at radius 1 is 1.32 bits per heavy atom. The number of H-pyrrole nitrogens is 1. The highest BCUT2D eigenvalue weighted by Crippen LogP contribution is 2.34. The molecular weight excluding hydrogens is 352 g/mol. The minimum atomic E-state index is 0.481. The molecule has 1 aliphatic heterocycles. The van der Waals surface area contributed by atoms with Crippen molar-refractivity contribution in [2.24, 2.45) is 0 Å². The lowest BCUT2D eigenvalue weighted by atomic mass is 10.2. The van der Waals surface area contributed by atoms with Crippen LogP contribution >= 0.6 is 23.6 Å². The highest BCUT2D eigenvalue weighted by atomic mass is 32.1. The number of hydrogen-bond donors (Lipinski definition) is 1. The zero-order valence-corrected chi connectivity index (χ0v) is 15.6. The summed E-state index contributed by atoms with van der Waals surface area (Å²) in [6, 6.07) is 12.7. The Morgan fingerprint density at radius 3 is 2.88 bits per heavy atom. The summed E-state index contributed by atoms with van der Waals surface area (Å²) in [5, 5.41) is 5.50. The molecule has 1 aromatic carbocycles. The van der Waals surface area contributed by atoms with E-state index in [0.717, 1.165) is 30.4 Å². The SMILES string of the molecule is COc1ccc(-c2nc(=S)n(CN3CCC[C@@H]3c3cccs3)[nH]2)cc1. The number of aromatic nitrogens is 3. The molecule has 0 aliphatic carbocycles. The van der Waals surface area contributed by atoms with Crippen molar-refractivity contribution < 1.29 is 4.74 Å². The van der Waals surface area contributed by atoms with Crippen molar-refractivity contribution in [2.45, 2.75) is 25.6 Å². The fourth-order valence-electron chi connectivity index (χ4n) is 3.31. The molecule has 0 amide bonds. The molecule has 3 heterocycles. The molecule has 7 heteroatoms. The third kappa shape index (κ3) is 3.40. The number of rotatable bonds is 5. The maximum atomic E-state index is 5.47. The molecule has 2 aromatic heterocycles. The fourth-order valence-corrected chi connectivity index (χ4v) is 4.40. The summed E-state index contributed by atoms with van der Waals surface area (Å²) in [4.78, 5) is 8.42. The monoisotopic (exact) mass is 372 g/mol. The number of aromatic amines is 1. The lowest BCUT2D eigenvalue weighted by Crippen LogP contribution is -2.26. The van der Waals surface area contributed by atoms with Gasteiger partial charge in [0, 0.05) is 23.0 Å². The topological polar surface area (TPSA) is 46.1 Å². The maximum Gasteiger partial charge on any atom is 0.217 e. The quantitative estimate of drug-likeness (QED) is 0.671. The molecule has 4 rings (SSSR count). The van der Waals surface area contributed by atoms with Gasteiger partial charge in [-0.2, -0.15) is 4.98 Å². The van der Waals surface area contributed by atoms with Gasteiger partial charge in [-0.3, -0.25) is 10.00 Å². The molecule has 25 heavy (non-hydrogen) atoms.